The summed E-state index contributed by atoms with van der Waals surface area (Å²) in [6.07, 6.45) is 4.68. The molecular formula is C18H19NO3. The quantitative estimate of drug-likeness (QED) is 0.628. The predicted octanol–water partition coefficient (Wildman–Crippen LogP) is 3.12. The number of carbonyl (C=O) groups is 1. The first-order valence-electron chi connectivity index (χ1n) is 7.57. The van der Waals surface area contributed by atoms with E-state index < -0.39 is 6.10 Å². The Hall–Kier alpha value is -2.36. The molecule has 114 valence electrons. The Bertz CT molecular complexity index is 642. The molecule has 2 unspecified atom stereocenters. The molecule has 0 spiro atoms. The normalized spacial score (nSPS) is 19.3. The lowest BCUT2D eigenvalue weighted by Gasteiger charge is -2.14. The Labute approximate surface area is 130 Å². The van der Waals surface area contributed by atoms with Crippen molar-refractivity contribution in [3.8, 4) is 5.75 Å². The number of esters is 1. The number of hydrogen-bond donors (Lipinski definition) is 0. The van der Waals surface area contributed by atoms with Gasteiger partial charge in [-0.1, -0.05) is 25.1 Å². The lowest BCUT2D eigenvalue weighted by atomic mass is 9.98. The van der Waals surface area contributed by atoms with E-state index in [1.54, 1.807) is 12.4 Å². The number of aryl methyl sites for hydroxylation is 1. The molecule has 0 fully saturated rings. The van der Waals surface area contributed by atoms with Gasteiger partial charge in [-0.05, 0) is 36.6 Å². The molecule has 1 aliphatic rings. The largest absolute Gasteiger partial charge is 0.478 e. The summed E-state index contributed by atoms with van der Waals surface area (Å²) in [6.45, 7) is 2.40. The molecule has 22 heavy (non-hydrogen) atoms. The minimum absolute atomic E-state index is 0.0314. The van der Waals surface area contributed by atoms with Gasteiger partial charge in [0.05, 0.1) is 6.61 Å². The fourth-order valence-corrected chi connectivity index (χ4v) is 2.70. The summed E-state index contributed by atoms with van der Waals surface area (Å²) in [6, 6.07) is 11.7. The maximum absolute atomic E-state index is 12.2. The highest BCUT2D eigenvalue weighted by Crippen LogP contribution is 2.37. The van der Waals surface area contributed by atoms with Gasteiger partial charge in [0.25, 0.3) is 0 Å². The second-order valence-electron chi connectivity index (χ2n) is 5.49. The molecule has 1 aliphatic heterocycles. The van der Waals surface area contributed by atoms with Crippen LogP contribution < -0.4 is 4.74 Å². The molecule has 4 nitrogen and oxygen atoms in total. The number of hydrogen-bond acceptors (Lipinski definition) is 4. The summed E-state index contributed by atoms with van der Waals surface area (Å²) < 4.78 is 11.1. The van der Waals surface area contributed by atoms with Crippen LogP contribution >= 0.6 is 0 Å². The number of fused-ring (bicyclic) bond motifs is 1. The number of pyridine rings is 1. The summed E-state index contributed by atoms with van der Waals surface area (Å²) >= 11 is 0. The van der Waals surface area contributed by atoms with Crippen LogP contribution in [0.15, 0.2) is 48.8 Å². The molecule has 2 aromatic rings. The molecule has 1 aromatic carbocycles. The fourth-order valence-electron chi connectivity index (χ4n) is 2.70. The Kier molecular flexibility index (Phi) is 4.37. The van der Waals surface area contributed by atoms with Gasteiger partial charge in [-0.2, -0.15) is 0 Å². The lowest BCUT2D eigenvalue weighted by Crippen LogP contribution is -2.30. The van der Waals surface area contributed by atoms with E-state index >= 15 is 0 Å². The monoisotopic (exact) mass is 297 g/mol. The van der Waals surface area contributed by atoms with Gasteiger partial charge in [0, 0.05) is 23.9 Å². The molecule has 0 bridgehead atoms. The molecule has 0 aliphatic carbocycles. The van der Waals surface area contributed by atoms with Crippen LogP contribution in [0.5, 0.6) is 5.75 Å². The Morgan fingerprint density at radius 1 is 1.23 bits per heavy atom. The van der Waals surface area contributed by atoms with Gasteiger partial charge in [-0.3, -0.25) is 4.98 Å². The van der Waals surface area contributed by atoms with Crippen molar-refractivity contribution < 1.29 is 14.3 Å². The number of para-hydroxylation sites is 1. The van der Waals surface area contributed by atoms with Crippen molar-refractivity contribution in [1.82, 2.24) is 4.98 Å². The van der Waals surface area contributed by atoms with Crippen LogP contribution in [0, 0.1) is 0 Å². The summed E-state index contributed by atoms with van der Waals surface area (Å²) in [4.78, 5) is 16.2. The molecule has 0 radical (unpaired) electrons. The van der Waals surface area contributed by atoms with Crippen molar-refractivity contribution in [3.63, 3.8) is 0 Å². The molecule has 0 saturated heterocycles. The van der Waals surface area contributed by atoms with Gasteiger partial charge in [0.2, 0.25) is 6.10 Å². The average Bonchev–Trinajstić information content (AvgIpc) is 2.90. The van der Waals surface area contributed by atoms with E-state index in [1.165, 1.54) is 5.56 Å². The van der Waals surface area contributed by atoms with Crippen LogP contribution in [-0.4, -0.2) is 23.7 Å². The van der Waals surface area contributed by atoms with Gasteiger partial charge in [-0.25, -0.2) is 4.79 Å². The standard InChI is InChI=1S/C18H19NO3/c1-13-15-6-2-3-7-16(15)22-17(13)18(20)21-12-4-5-14-8-10-19-11-9-14/h2-3,6-11,13,17H,4-5,12H2,1H3. The van der Waals surface area contributed by atoms with Crippen LogP contribution in [-0.2, 0) is 16.0 Å². The molecule has 2 heterocycles. The van der Waals surface area contributed by atoms with Gasteiger partial charge in [0.1, 0.15) is 5.75 Å². The van der Waals surface area contributed by atoms with Gasteiger partial charge >= 0.3 is 5.97 Å². The first kappa shape index (κ1) is 14.6. The number of ether oxygens (including phenoxy) is 2. The first-order valence-corrected chi connectivity index (χ1v) is 7.57. The first-order chi connectivity index (χ1) is 10.8. The summed E-state index contributed by atoms with van der Waals surface area (Å²) in [5.74, 6) is 0.538. The molecule has 3 rings (SSSR count). The van der Waals surface area contributed by atoms with E-state index in [-0.39, 0.29) is 11.9 Å². The Balaban J connectivity index is 1.47. The van der Waals surface area contributed by atoms with Crippen LogP contribution in [0.3, 0.4) is 0 Å². The third kappa shape index (κ3) is 3.11. The molecule has 0 saturated carbocycles. The van der Waals surface area contributed by atoms with E-state index in [0.717, 1.165) is 24.2 Å². The van der Waals surface area contributed by atoms with Gasteiger partial charge in [-0.15, -0.1) is 0 Å². The van der Waals surface area contributed by atoms with Gasteiger partial charge in [0.15, 0.2) is 0 Å². The highest BCUT2D eigenvalue weighted by molar-refractivity contribution is 5.78. The van der Waals surface area contributed by atoms with Crippen LogP contribution in [0.4, 0.5) is 0 Å². The zero-order valence-electron chi connectivity index (χ0n) is 12.6. The molecule has 0 N–H and O–H groups in total. The summed E-state index contributed by atoms with van der Waals surface area (Å²) in [5, 5.41) is 0. The zero-order valence-corrected chi connectivity index (χ0v) is 12.6. The fraction of sp³-hybridized carbons (Fsp3) is 0.333. The van der Waals surface area contributed by atoms with Crippen molar-refractivity contribution in [2.45, 2.75) is 31.8 Å². The molecule has 4 heteroatoms. The summed E-state index contributed by atoms with van der Waals surface area (Å²) in [5.41, 5.74) is 2.27. The van der Waals surface area contributed by atoms with Crippen molar-refractivity contribution in [2.75, 3.05) is 6.61 Å². The SMILES string of the molecule is CC1c2ccccc2OC1C(=O)OCCCc1ccncc1. The second-order valence-corrected chi connectivity index (χ2v) is 5.49. The molecule has 0 amide bonds. The lowest BCUT2D eigenvalue weighted by molar-refractivity contribution is -0.152. The molecular weight excluding hydrogens is 278 g/mol. The van der Waals surface area contributed by atoms with E-state index in [9.17, 15) is 4.79 Å². The maximum Gasteiger partial charge on any atom is 0.347 e. The maximum atomic E-state index is 12.2. The number of aromatic nitrogens is 1. The van der Waals surface area contributed by atoms with Crippen molar-refractivity contribution in [2.24, 2.45) is 0 Å². The highest BCUT2D eigenvalue weighted by Gasteiger charge is 2.37. The minimum atomic E-state index is -0.529. The number of benzene rings is 1. The Morgan fingerprint density at radius 3 is 2.77 bits per heavy atom. The molecule has 1 aromatic heterocycles. The average molecular weight is 297 g/mol. The molecule has 2 atom stereocenters. The van der Waals surface area contributed by atoms with Crippen LogP contribution in [0.2, 0.25) is 0 Å². The van der Waals surface area contributed by atoms with Crippen LogP contribution in [0.1, 0.15) is 30.4 Å². The summed E-state index contributed by atoms with van der Waals surface area (Å²) in [7, 11) is 0. The number of carbonyl (C=O) groups excluding carboxylic acids is 1. The van der Waals surface area contributed by atoms with E-state index in [0.29, 0.717) is 6.61 Å². The second kappa shape index (κ2) is 6.60. The topological polar surface area (TPSA) is 48.4 Å². The van der Waals surface area contributed by atoms with Crippen molar-refractivity contribution in [3.05, 3.63) is 59.9 Å². The third-order valence-corrected chi connectivity index (χ3v) is 3.95. The minimum Gasteiger partial charge on any atom is -0.478 e. The third-order valence-electron chi connectivity index (χ3n) is 3.95. The number of rotatable bonds is 5. The van der Waals surface area contributed by atoms with Crippen molar-refractivity contribution >= 4 is 5.97 Å². The number of nitrogens with zero attached hydrogens (tertiary/aromatic N) is 1. The zero-order chi connectivity index (χ0) is 15.4. The predicted molar refractivity (Wildman–Crippen MR) is 82.8 cm³/mol. The van der Waals surface area contributed by atoms with Gasteiger partial charge < -0.3 is 9.47 Å². The van der Waals surface area contributed by atoms with E-state index in [2.05, 4.69) is 4.98 Å². The van der Waals surface area contributed by atoms with E-state index in [1.807, 2.05) is 43.3 Å². The van der Waals surface area contributed by atoms with Crippen LogP contribution in [0.25, 0.3) is 0 Å². The highest BCUT2D eigenvalue weighted by atomic mass is 16.6. The Morgan fingerprint density at radius 2 is 2.00 bits per heavy atom. The van der Waals surface area contributed by atoms with Crippen molar-refractivity contribution in [1.29, 1.82) is 0 Å². The van der Waals surface area contributed by atoms with E-state index in [4.69, 9.17) is 9.47 Å². The smallest absolute Gasteiger partial charge is 0.347 e.